The summed E-state index contributed by atoms with van der Waals surface area (Å²) in [5, 5.41) is 10.9. The van der Waals surface area contributed by atoms with Crippen molar-refractivity contribution < 1.29 is 4.39 Å². The van der Waals surface area contributed by atoms with Gasteiger partial charge in [0.2, 0.25) is 0 Å². The molecule has 1 saturated carbocycles. The summed E-state index contributed by atoms with van der Waals surface area (Å²) in [6.45, 7) is 1.59. The number of nitrogens with one attached hydrogen (secondary N) is 2. The van der Waals surface area contributed by atoms with Gasteiger partial charge in [0.25, 0.3) is 0 Å². The van der Waals surface area contributed by atoms with Crippen molar-refractivity contribution in [3.63, 3.8) is 0 Å². The summed E-state index contributed by atoms with van der Waals surface area (Å²) in [4.78, 5) is 4.26. The second-order valence-electron chi connectivity index (χ2n) is 5.70. The van der Waals surface area contributed by atoms with Crippen LogP contribution in [-0.4, -0.2) is 19.6 Å². The van der Waals surface area contributed by atoms with Gasteiger partial charge >= 0.3 is 0 Å². The maximum absolute atomic E-state index is 13.1. The van der Waals surface area contributed by atoms with E-state index in [1.807, 2.05) is 12.1 Å². The van der Waals surface area contributed by atoms with Gasteiger partial charge in [-0.15, -0.1) is 24.0 Å². The minimum absolute atomic E-state index is 0. The number of hydrogen-bond donors (Lipinski definition) is 2. The number of halogens is 2. The molecule has 0 amide bonds. The van der Waals surface area contributed by atoms with E-state index in [9.17, 15) is 4.39 Å². The molecule has 3 rings (SSSR count). The van der Waals surface area contributed by atoms with Gasteiger partial charge in [0.05, 0.1) is 0 Å². The number of thiophene rings is 1. The molecule has 0 bridgehead atoms. The zero-order valence-electron chi connectivity index (χ0n) is 13.0. The Balaban J connectivity index is 0.00000192. The van der Waals surface area contributed by atoms with Crippen LogP contribution >= 0.6 is 35.3 Å². The standard InChI is InChI=1S/C17H20FN3S.HI/c1-19-16(20-10-13-6-9-22-11-13)21-12-17(7-8-17)14-2-4-15(18)5-3-14;/h2-6,9,11H,7-8,10,12H2,1H3,(H2,19,20,21);1H. The van der Waals surface area contributed by atoms with Crippen molar-refractivity contribution in [1.82, 2.24) is 10.6 Å². The molecule has 23 heavy (non-hydrogen) atoms. The third-order valence-electron chi connectivity index (χ3n) is 4.17. The van der Waals surface area contributed by atoms with Crippen molar-refractivity contribution in [2.45, 2.75) is 24.8 Å². The maximum Gasteiger partial charge on any atom is 0.191 e. The molecule has 3 nitrogen and oxygen atoms in total. The average Bonchev–Trinajstić information content (AvgIpc) is 3.14. The molecular formula is C17H21FIN3S. The van der Waals surface area contributed by atoms with Crippen molar-refractivity contribution in [1.29, 1.82) is 0 Å². The highest BCUT2D eigenvalue weighted by atomic mass is 127. The van der Waals surface area contributed by atoms with Crippen LogP contribution in [-0.2, 0) is 12.0 Å². The van der Waals surface area contributed by atoms with Crippen LogP contribution in [0.2, 0.25) is 0 Å². The number of hydrogen-bond acceptors (Lipinski definition) is 2. The van der Waals surface area contributed by atoms with Crippen LogP contribution in [0.25, 0.3) is 0 Å². The molecule has 0 unspecified atom stereocenters. The van der Waals surface area contributed by atoms with Gasteiger partial charge in [0, 0.05) is 25.6 Å². The zero-order chi connectivity index (χ0) is 15.4. The Hall–Kier alpha value is -1.15. The third-order valence-corrected chi connectivity index (χ3v) is 4.90. The molecule has 1 aromatic carbocycles. The van der Waals surface area contributed by atoms with Crippen LogP contribution in [0, 0.1) is 5.82 Å². The molecule has 124 valence electrons. The van der Waals surface area contributed by atoms with Gasteiger partial charge in [-0.25, -0.2) is 4.39 Å². The van der Waals surface area contributed by atoms with E-state index in [2.05, 4.69) is 32.5 Å². The fraction of sp³-hybridized carbons (Fsp3) is 0.353. The Morgan fingerprint density at radius 1 is 1.22 bits per heavy atom. The van der Waals surface area contributed by atoms with Crippen molar-refractivity contribution >= 4 is 41.3 Å². The third kappa shape index (κ3) is 4.67. The number of aliphatic imine (C=N–C) groups is 1. The minimum Gasteiger partial charge on any atom is -0.356 e. The highest BCUT2D eigenvalue weighted by molar-refractivity contribution is 14.0. The lowest BCUT2D eigenvalue weighted by atomic mass is 9.96. The van der Waals surface area contributed by atoms with Gasteiger partial charge in [-0.1, -0.05) is 12.1 Å². The molecule has 1 aliphatic carbocycles. The van der Waals surface area contributed by atoms with Crippen molar-refractivity contribution in [2.24, 2.45) is 4.99 Å². The predicted octanol–water partition coefficient (Wildman–Crippen LogP) is 3.90. The van der Waals surface area contributed by atoms with Gasteiger partial charge in [-0.05, 0) is 52.9 Å². The van der Waals surface area contributed by atoms with E-state index in [4.69, 9.17) is 0 Å². The van der Waals surface area contributed by atoms with Crippen LogP contribution in [0.3, 0.4) is 0 Å². The fourth-order valence-electron chi connectivity index (χ4n) is 2.57. The summed E-state index contributed by atoms with van der Waals surface area (Å²) < 4.78 is 13.1. The maximum atomic E-state index is 13.1. The molecule has 1 aromatic heterocycles. The predicted molar refractivity (Wildman–Crippen MR) is 105 cm³/mol. The molecule has 2 aromatic rings. The Bertz CT molecular complexity index is 636. The van der Waals surface area contributed by atoms with Crippen LogP contribution in [0.5, 0.6) is 0 Å². The van der Waals surface area contributed by atoms with Crippen LogP contribution in [0.4, 0.5) is 4.39 Å². The van der Waals surface area contributed by atoms with E-state index >= 15 is 0 Å². The van der Waals surface area contributed by atoms with E-state index in [0.717, 1.165) is 31.9 Å². The quantitative estimate of drug-likeness (QED) is 0.416. The molecule has 1 fully saturated rings. The van der Waals surface area contributed by atoms with Gasteiger partial charge in [-0.3, -0.25) is 4.99 Å². The number of guanidine groups is 1. The van der Waals surface area contributed by atoms with Gasteiger partial charge in [0.15, 0.2) is 5.96 Å². The van der Waals surface area contributed by atoms with Crippen molar-refractivity contribution in [3.8, 4) is 0 Å². The number of nitrogens with zero attached hydrogens (tertiary/aromatic N) is 1. The summed E-state index contributed by atoms with van der Waals surface area (Å²) in [6.07, 6.45) is 2.26. The number of benzene rings is 1. The second kappa shape index (κ2) is 8.10. The van der Waals surface area contributed by atoms with E-state index in [1.54, 1.807) is 30.5 Å². The topological polar surface area (TPSA) is 36.4 Å². The molecular weight excluding hydrogens is 424 g/mol. The average molecular weight is 445 g/mol. The second-order valence-corrected chi connectivity index (χ2v) is 6.48. The van der Waals surface area contributed by atoms with Gasteiger partial charge in [0.1, 0.15) is 5.82 Å². The number of rotatable bonds is 5. The van der Waals surface area contributed by atoms with E-state index < -0.39 is 0 Å². The molecule has 0 saturated heterocycles. The molecule has 0 spiro atoms. The lowest BCUT2D eigenvalue weighted by Gasteiger charge is -2.19. The Morgan fingerprint density at radius 2 is 1.96 bits per heavy atom. The summed E-state index contributed by atoms with van der Waals surface area (Å²) in [5.41, 5.74) is 2.59. The molecule has 1 aliphatic rings. The minimum atomic E-state index is -0.180. The SMILES string of the molecule is CN=C(NCc1ccsc1)NCC1(c2ccc(F)cc2)CC1.I. The molecule has 6 heteroatoms. The van der Waals surface area contributed by atoms with Crippen LogP contribution < -0.4 is 10.6 Å². The monoisotopic (exact) mass is 445 g/mol. The Kier molecular flexibility index (Phi) is 6.41. The Morgan fingerprint density at radius 3 is 2.52 bits per heavy atom. The van der Waals surface area contributed by atoms with E-state index in [-0.39, 0.29) is 35.2 Å². The van der Waals surface area contributed by atoms with E-state index in [1.165, 1.54) is 11.1 Å². The zero-order valence-corrected chi connectivity index (χ0v) is 16.2. The highest BCUT2D eigenvalue weighted by Crippen LogP contribution is 2.47. The normalized spacial score (nSPS) is 15.7. The van der Waals surface area contributed by atoms with Crippen LogP contribution in [0.1, 0.15) is 24.0 Å². The summed E-state index contributed by atoms with van der Waals surface area (Å²) in [6, 6.07) is 8.97. The lowest BCUT2D eigenvalue weighted by Crippen LogP contribution is -2.40. The van der Waals surface area contributed by atoms with Crippen LogP contribution in [0.15, 0.2) is 46.1 Å². The smallest absolute Gasteiger partial charge is 0.191 e. The first-order valence-electron chi connectivity index (χ1n) is 7.43. The largest absolute Gasteiger partial charge is 0.356 e. The van der Waals surface area contributed by atoms with Gasteiger partial charge < -0.3 is 10.6 Å². The Labute approximate surface area is 157 Å². The molecule has 0 atom stereocenters. The summed E-state index contributed by atoms with van der Waals surface area (Å²) >= 11 is 1.69. The first kappa shape index (κ1) is 18.2. The fourth-order valence-corrected chi connectivity index (χ4v) is 3.24. The van der Waals surface area contributed by atoms with Crippen molar-refractivity contribution in [2.75, 3.05) is 13.6 Å². The van der Waals surface area contributed by atoms with Crippen molar-refractivity contribution in [3.05, 3.63) is 58.0 Å². The van der Waals surface area contributed by atoms with E-state index in [0.29, 0.717) is 0 Å². The molecule has 0 aliphatic heterocycles. The first-order valence-corrected chi connectivity index (χ1v) is 8.38. The first-order chi connectivity index (χ1) is 10.7. The highest BCUT2D eigenvalue weighted by Gasteiger charge is 2.44. The molecule has 1 heterocycles. The lowest BCUT2D eigenvalue weighted by molar-refractivity contribution is 0.617. The summed E-state index contributed by atoms with van der Waals surface area (Å²) in [7, 11) is 1.78. The molecule has 0 radical (unpaired) electrons. The summed E-state index contributed by atoms with van der Waals surface area (Å²) in [5.74, 6) is 0.625. The van der Waals surface area contributed by atoms with Gasteiger partial charge in [-0.2, -0.15) is 11.3 Å². The molecule has 2 N–H and O–H groups in total.